The molecule has 1 N–H and O–H groups in total. The Morgan fingerprint density at radius 2 is 1.72 bits per heavy atom. The number of methoxy groups -OCH3 is 2. The van der Waals surface area contributed by atoms with Crippen molar-refractivity contribution in [3.05, 3.63) is 0 Å². The number of amides is 1. The molecular weight excluding hydrogens is 372 g/mol. The van der Waals surface area contributed by atoms with Crippen LogP contribution in [0.2, 0.25) is 0 Å². The van der Waals surface area contributed by atoms with Crippen LogP contribution < -0.4 is 0 Å². The maximum Gasteiger partial charge on any atom is 0.303 e. The zero-order valence-corrected chi connectivity index (χ0v) is 18.0. The summed E-state index contributed by atoms with van der Waals surface area (Å²) in [5.41, 5.74) is 1.09. The highest BCUT2D eigenvalue weighted by Crippen LogP contribution is 2.39. The minimum Gasteiger partial charge on any atom is -0.481 e. The van der Waals surface area contributed by atoms with Crippen LogP contribution in [-0.4, -0.2) is 60.2 Å². The number of carbonyl (C=O) groups excluding carboxylic acids is 1. The van der Waals surface area contributed by atoms with E-state index in [4.69, 9.17) is 19.7 Å². The smallest absolute Gasteiger partial charge is 0.303 e. The Labute approximate surface area is 173 Å². The topological polar surface area (TPSA) is 88.4 Å². The van der Waals surface area contributed by atoms with E-state index in [1.807, 2.05) is 0 Å². The lowest BCUT2D eigenvalue weighted by Crippen LogP contribution is -2.40. The largest absolute Gasteiger partial charge is 0.481 e. The van der Waals surface area contributed by atoms with Crippen LogP contribution in [0.15, 0.2) is 5.10 Å². The van der Waals surface area contributed by atoms with Crippen LogP contribution in [0.5, 0.6) is 0 Å². The van der Waals surface area contributed by atoms with Gasteiger partial charge in [0.25, 0.3) is 0 Å². The van der Waals surface area contributed by atoms with Gasteiger partial charge in [0.1, 0.15) is 0 Å². The second kappa shape index (κ2) is 10.0. The summed E-state index contributed by atoms with van der Waals surface area (Å²) in [5.74, 6) is 0.407. The minimum absolute atomic E-state index is 0.0167. The summed E-state index contributed by atoms with van der Waals surface area (Å²) in [6.45, 7) is 2.29. The van der Waals surface area contributed by atoms with E-state index in [2.05, 4.69) is 6.92 Å². The normalized spacial score (nSPS) is 35.4. The van der Waals surface area contributed by atoms with Gasteiger partial charge in [-0.25, -0.2) is 5.01 Å². The van der Waals surface area contributed by atoms with Crippen molar-refractivity contribution in [2.45, 2.75) is 89.4 Å². The lowest BCUT2D eigenvalue weighted by Gasteiger charge is -2.35. The van der Waals surface area contributed by atoms with E-state index < -0.39 is 5.97 Å². The number of hydrogen-bond acceptors (Lipinski definition) is 5. The van der Waals surface area contributed by atoms with Crippen molar-refractivity contribution in [1.29, 1.82) is 0 Å². The van der Waals surface area contributed by atoms with Crippen LogP contribution in [0.3, 0.4) is 0 Å². The summed E-state index contributed by atoms with van der Waals surface area (Å²) in [7, 11) is 3.45. The van der Waals surface area contributed by atoms with Crippen LogP contribution >= 0.6 is 0 Å². The highest BCUT2D eigenvalue weighted by molar-refractivity contribution is 5.92. The highest BCUT2D eigenvalue weighted by Gasteiger charge is 2.42. The molecule has 7 nitrogen and oxygen atoms in total. The van der Waals surface area contributed by atoms with E-state index in [0.717, 1.165) is 50.2 Å². The average Bonchev–Trinajstić information content (AvgIpc) is 3.17. The summed E-state index contributed by atoms with van der Waals surface area (Å²) in [6, 6.07) is 0.0833. The number of carboxylic acid groups (broad SMARTS) is 1. The molecule has 1 aliphatic heterocycles. The molecular formula is C22H36N2O5. The van der Waals surface area contributed by atoms with Gasteiger partial charge in [0, 0.05) is 38.7 Å². The van der Waals surface area contributed by atoms with E-state index in [-0.39, 0.29) is 37.0 Å². The molecule has 0 bridgehead atoms. The zero-order valence-electron chi connectivity index (χ0n) is 18.0. The number of ether oxygens (including phenoxy) is 2. The first kappa shape index (κ1) is 22.2. The van der Waals surface area contributed by atoms with E-state index in [9.17, 15) is 9.59 Å². The fraction of sp³-hybridized carbons (Fsp3) is 0.864. The highest BCUT2D eigenvalue weighted by atomic mass is 16.5. The number of nitrogens with zero attached hydrogens (tertiary/aromatic N) is 2. The first-order valence-electron chi connectivity index (χ1n) is 11.1. The molecule has 0 saturated heterocycles. The fourth-order valence-corrected chi connectivity index (χ4v) is 5.33. The predicted molar refractivity (Wildman–Crippen MR) is 110 cm³/mol. The Morgan fingerprint density at radius 3 is 2.34 bits per heavy atom. The van der Waals surface area contributed by atoms with Gasteiger partial charge in [-0.2, -0.15) is 5.10 Å². The lowest BCUT2D eigenvalue weighted by atomic mass is 9.76. The molecule has 2 saturated carbocycles. The Kier molecular flexibility index (Phi) is 7.68. The SMILES string of the molecule is COC1CCC(C2=NN(C(=O)CCC(=O)O)C(C3CCC(C)CC3)C2)CC1OC. The molecule has 1 heterocycles. The molecule has 0 aromatic carbocycles. The Bertz CT molecular complexity index is 614. The third-order valence-corrected chi connectivity index (χ3v) is 7.19. The maximum atomic E-state index is 12.8. The average molecular weight is 409 g/mol. The van der Waals surface area contributed by atoms with Gasteiger partial charge in [-0.15, -0.1) is 0 Å². The van der Waals surface area contributed by atoms with Crippen LogP contribution in [0.25, 0.3) is 0 Å². The molecule has 2 aliphatic carbocycles. The fourth-order valence-electron chi connectivity index (χ4n) is 5.33. The molecule has 0 radical (unpaired) electrons. The standard InChI is InChI=1S/C22H36N2O5/c1-14-4-6-15(7-5-14)18-13-17(23-24(18)21(25)10-11-22(26)27)16-8-9-19(28-2)20(12-16)29-3/h14-16,18-20H,4-13H2,1-3H3,(H,26,27). The predicted octanol–water partition coefficient (Wildman–Crippen LogP) is 3.46. The van der Waals surface area contributed by atoms with Gasteiger partial charge in [0.05, 0.1) is 24.7 Å². The number of carbonyl (C=O) groups is 2. The quantitative estimate of drug-likeness (QED) is 0.697. The summed E-state index contributed by atoms with van der Waals surface area (Å²) in [4.78, 5) is 23.8. The molecule has 0 spiro atoms. The molecule has 2 fully saturated rings. The second-order valence-electron chi connectivity index (χ2n) is 9.07. The van der Waals surface area contributed by atoms with Crippen LogP contribution in [-0.2, 0) is 19.1 Å². The van der Waals surface area contributed by atoms with E-state index in [1.54, 1.807) is 19.2 Å². The summed E-state index contributed by atoms with van der Waals surface area (Å²) >= 11 is 0. The van der Waals surface area contributed by atoms with Gasteiger partial charge in [-0.1, -0.05) is 19.8 Å². The first-order chi connectivity index (χ1) is 13.9. The van der Waals surface area contributed by atoms with Crippen LogP contribution in [0, 0.1) is 17.8 Å². The van der Waals surface area contributed by atoms with Crippen molar-refractivity contribution in [1.82, 2.24) is 5.01 Å². The molecule has 7 heteroatoms. The number of aliphatic carboxylic acids is 1. The Balaban J connectivity index is 1.72. The van der Waals surface area contributed by atoms with Crippen molar-refractivity contribution in [3.8, 4) is 0 Å². The van der Waals surface area contributed by atoms with Crippen molar-refractivity contribution in [2.24, 2.45) is 22.9 Å². The number of rotatable bonds is 7. The molecule has 29 heavy (non-hydrogen) atoms. The number of hydrogen-bond donors (Lipinski definition) is 1. The van der Waals surface area contributed by atoms with Crippen molar-refractivity contribution < 1.29 is 24.2 Å². The summed E-state index contributed by atoms with van der Waals surface area (Å²) < 4.78 is 11.2. The van der Waals surface area contributed by atoms with Gasteiger partial charge in [0.15, 0.2) is 0 Å². The molecule has 164 valence electrons. The van der Waals surface area contributed by atoms with Crippen molar-refractivity contribution in [3.63, 3.8) is 0 Å². The Morgan fingerprint density at radius 1 is 1.03 bits per heavy atom. The molecule has 4 unspecified atom stereocenters. The number of hydrazone groups is 1. The van der Waals surface area contributed by atoms with Crippen LogP contribution in [0.4, 0.5) is 0 Å². The first-order valence-corrected chi connectivity index (χ1v) is 11.1. The molecule has 0 aromatic rings. The summed E-state index contributed by atoms with van der Waals surface area (Å²) in [6.07, 6.45) is 8.26. The van der Waals surface area contributed by atoms with Crippen LogP contribution in [0.1, 0.15) is 71.1 Å². The van der Waals surface area contributed by atoms with Crippen molar-refractivity contribution in [2.75, 3.05) is 14.2 Å². The van der Waals surface area contributed by atoms with E-state index >= 15 is 0 Å². The van der Waals surface area contributed by atoms with Gasteiger partial charge in [-0.05, 0) is 43.9 Å². The maximum absolute atomic E-state index is 12.8. The van der Waals surface area contributed by atoms with E-state index in [1.165, 1.54) is 12.8 Å². The van der Waals surface area contributed by atoms with Gasteiger partial charge < -0.3 is 14.6 Å². The molecule has 4 atom stereocenters. The zero-order chi connectivity index (χ0) is 21.0. The molecule has 3 aliphatic rings. The monoisotopic (exact) mass is 408 g/mol. The molecule has 1 amide bonds. The molecule has 0 aromatic heterocycles. The second-order valence-corrected chi connectivity index (χ2v) is 9.07. The number of carboxylic acids is 1. The Hall–Kier alpha value is -1.47. The lowest BCUT2D eigenvalue weighted by molar-refractivity contribution is -0.142. The third-order valence-electron chi connectivity index (χ3n) is 7.19. The van der Waals surface area contributed by atoms with Gasteiger partial charge in [0.2, 0.25) is 5.91 Å². The third kappa shape index (κ3) is 5.37. The molecule has 3 rings (SSSR count). The van der Waals surface area contributed by atoms with Crippen molar-refractivity contribution >= 4 is 17.6 Å². The van der Waals surface area contributed by atoms with Gasteiger partial charge in [-0.3, -0.25) is 9.59 Å². The van der Waals surface area contributed by atoms with Gasteiger partial charge >= 0.3 is 5.97 Å². The minimum atomic E-state index is -0.939. The summed E-state index contributed by atoms with van der Waals surface area (Å²) in [5, 5.41) is 15.4. The van der Waals surface area contributed by atoms with E-state index in [0.29, 0.717) is 11.8 Å².